The summed E-state index contributed by atoms with van der Waals surface area (Å²) in [6.07, 6.45) is 0.772. The number of imide groups is 1. The van der Waals surface area contributed by atoms with Gasteiger partial charge in [-0.1, -0.05) is 6.07 Å². The Morgan fingerprint density at radius 2 is 1.95 bits per heavy atom. The maximum absolute atomic E-state index is 12.1. The molecular weight excluding hydrogens is 300 g/mol. The lowest BCUT2D eigenvalue weighted by Gasteiger charge is -2.05. The smallest absolute Gasteiger partial charge is 0.261 e. The molecule has 0 unspecified atom stereocenters. The minimum atomic E-state index is -0.367. The Hall–Kier alpha value is -2.47. The zero-order valence-electron chi connectivity index (χ0n) is 12.0. The van der Waals surface area contributed by atoms with Crippen LogP contribution in [-0.2, 0) is 6.42 Å². The van der Waals surface area contributed by atoms with E-state index in [2.05, 4.69) is 5.32 Å². The number of rotatable bonds is 4. The van der Waals surface area contributed by atoms with E-state index in [1.165, 1.54) is 24.1 Å². The van der Waals surface area contributed by atoms with Crippen LogP contribution in [0.5, 0.6) is 0 Å². The lowest BCUT2D eigenvalue weighted by molar-refractivity contribution is 0.0693. The van der Waals surface area contributed by atoms with Crippen LogP contribution in [0.4, 0.5) is 0 Å². The Labute approximate surface area is 131 Å². The predicted molar refractivity (Wildman–Crippen MR) is 83.2 cm³/mol. The third kappa shape index (κ3) is 2.53. The maximum atomic E-state index is 12.1. The number of amides is 3. The first kappa shape index (κ1) is 14.5. The summed E-state index contributed by atoms with van der Waals surface area (Å²) in [6, 6.07) is 8.59. The van der Waals surface area contributed by atoms with E-state index in [-0.39, 0.29) is 17.7 Å². The second-order valence-corrected chi connectivity index (χ2v) is 6.05. The Balaban J connectivity index is 1.69. The summed E-state index contributed by atoms with van der Waals surface area (Å²) >= 11 is 1.65. The molecule has 3 rings (SSSR count). The molecule has 0 saturated heterocycles. The van der Waals surface area contributed by atoms with Gasteiger partial charge in [0.25, 0.3) is 17.7 Å². The van der Waals surface area contributed by atoms with Crippen molar-refractivity contribution in [3.05, 3.63) is 57.3 Å². The summed E-state index contributed by atoms with van der Waals surface area (Å²) < 4.78 is 0. The molecule has 1 aliphatic rings. The van der Waals surface area contributed by atoms with Gasteiger partial charge in [0, 0.05) is 24.0 Å². The number of hydrogen-bond acceptors (Lipinski definition) is 4. The van der Waals surface area contributed by atoms with Crippen LogP contribution in [0, 0.1) is 0 Å². The van der Waals surface area contributed by atoms with Crippen LogP contribution in [0.2, 0.25) is 0 Å². The molecule has 112 valence electrons. The standard InChI is InChI=1S/C16H14N2O3S/c1-18-15(20)12-5-4-10(9-13(12)16(18)21)14(19)17-7-6-11-3-2-8-22-11/h2-5,8-9H,6-7H2,1H3,(H,17,19). The van der Waals surface area contributed by atoms with Gasteiger partial charge >= 0.3 is 0 Å². The van der Waals surface area contributed by atoms with Gasteiger partial charge in [0.1, 0.15) is 0 Å². The number of hydrogen-bond donors (Lipinski definition) is 1. The SMILES string of the molecule is CN1C(=O)c2ccc(C(=O)NCCc3cccs3)cc2C1=O. The number of benzene rings is 1. The molecule has 1 aliphatic heterocycles. The minimum Gasteiger partial charge on any atom is -0.352 e. The van der Waals surface area contributed by atoms with E-state index in [0.717, 1.165) is 11.3 Å². The summed E-state index contributed by atoms with van der Waals surface area (Å²) in [4.78, 5) is 38.1. The van der Waals surface area contributed by atoms with Crippen molar-refractivity contribution in [2.75, 3.05) is 13.6 Å². The quantitative estimate of drug-likeness (QED) is 0.877. The van der Waals surface area contributed by atoms with Gasteiger partial charge in [-0.2, -0.15) is 0 Å². The molecule has 2 heterocycles. The average Bonchev–Trinajstić information content (AvgIpc) is 3.11. The lowest BCUT2D eigenvalue weighted by atomic mass is 10.1. The van der Waals surface area contributed by atoms with Crippen LogP contribution in [0.25, 0.3) is 0 Å². The number of fused-ring (bicyclic) bond motifs is 1. The molecule has 0 spiro atoms. The second kappa shape index (κ2) is 5.73. The maximum Gasteiger partial charge on any atom is 0.261 e. The zero-order valence-corrected chi connectivity index (χ0v) is 12.8. The highest BCUT2D eigenvalue weighted by atomic mass is 32.1. The largest absolute Gasteiger partial charge is 0.352 e. The Morgan fingerprint density at radius 3 is 2.68 bits per heavy atom. The summed E-state index contributed by atoms with van der Waals surface area (Å²) in [5.74, 6) is -0.938. The molecule has 0 saturated carbocycles. The van der Waals surface area contributed by atoms with Gasteiger partial charge in [-0.05, 0) is 36.1 Å². The van der Waals surface area contributed by atoms with Crippen molar-refractivity contribution in [1.29, 1.82) is 0 Å². The van der Waals surface area contributed by atoms with E-state index in [4.69, 9.17) is 0 Å². The number of nitrogens with zero attached hydrogens (tertiary/aromatic N) is 1. The molecule has 2 aromatic rings. The predicted octanol–water partition coefficient (Wildman–Crippen LogP) is 1.95. The zero-order chi connectivity index (χ0) is 15.7. The van der Waals surface area contributed by atoms with Gasteiger partial charge in [-0.3, -0.25) is 19.3 Å². The van der Waals surface area contributed by atoms with Crippen molar-refractivity contribution < 1.29 is 14.4 Å². The number of thiophene rings is 1. The van der Waals surface area contributed by atoms with Crippen LogP contribution in [0.3, 0.4) is 0 Å². The van der Waals surface area contributed by atoms with Gasteiger partial charge in [0.05, 0.1) is 11.1 Å². The Kier molecular flexibility index (Phi) is 3.77. The summed E-state index contributed by atoms with van der Waals surface area (Å²) in [6.45, 7) is 0.531. The highest BCUT2D eigenvalue weighted by Gasteiger charge is 2.33. The molecule has 5 nitrogen and oxygen atoms in total. The van der Waals surface area contributed by atoms with Crippen LogP contribution in [0.1, 0.15) is 36.0 Å². The van der Waals surface area contributed by atoms with E-state index in [0.29, 0.717) is 23.2 Å². The first-order valence-electron chi connectivity index (χ1n) is 6.85. The van der Waals surface area contributed by atoms with Crippen molar-refractivity contribution in [1.82, 2.24) is 10.2 Å². The molecule has 1 N–H and O–H groups in total. The highest BCUT2D eigenvalue weighted by Crippen LogP contribution is 2.22. The van der Waals surface area contributed by atoms with Crippen molar-refractivity contribution in [3.8, 4) is 0 Å². The number of carbonyl (C=O) groups is 3. The van der Waals surface area contributed by atoms with Crippen LogP contribution in [-0.4, -0.2) is 36.2 Å². The molecule has 6 heteroatoms. The molecular formula is C16H14N2O3S. The summed E-state index contributed by atoms with van der Waals surface area (Å²) in [5, 5.41) is 4.82. The number of nitrogens with one attached hydrogen (secondary N) is 1. The van der Waals surface area contributed by atoms with Crippen LogP contribution >= 0.6 is 11.3 Å². The van der Waals surface area contributed by atoms with Crippen molar-refractivity contribution in [3.63, 3.8) is 0 Å². The third-order valence-electron chi connectivity index (χ3n) is 3.59. The molecule has 0 aliphatic carbocycles. The van der Waals surface area contributed by atoms with Gasteiger partial charge in [-0.25, -0.2) is 0 Å². The Bertz CT molecular complexity index is 753. The van der Waals surface area contributed by atoms with Gasteiger partial charge in [-0.15, -0.1) is 11.3 Å². The molecule has 22 heavy (non-hydrogen) atoms. The first-order valence-corrected chi connectivity index (χ1v) is 7.73. The third-order valence-corrected chi connectivity index (χ3v) is 4.53. The molecule has 0 bridgehead atoms. The Morgan fingerprint density at radius 1 is 1.18 bits per heavy atom. The number of carbonyl (C=O) groups excluding carboxylic acids is 3. The van der Waals surface area contributed by atoms with E-state index in [9.17, 15) is 14.4 Å². The molecule has 3 amide bonds. The van der Waals surface area contributed by atoms with Crippen molar-refractivity contribution in [2.45, 2.75) is 6.42 Å². The van der Waals surface area contributed by atoms with E-state index >= 15 is 0 Å². The fourth-order valence-corrected chi connectivity index (χ4v) is 3.07. The fraction of sp³-hybridized carbons (Fsp3) is 0.188. The van der Waals surface area contributed by atoms with Gasteiger partial charge in [0.2, 0.25) is 0 Å². The second-order valence-electron chi connectivity index (χ2n) is 5.01. The van der Waals surface area contributed by atoms with Crippen molar-refractivity contribution >= 4 is 29.1 Å². The molecule has 0 atom stereocenters. The van der Waals surface area contributed by atoms with Crippen LogP contribution < -0.4 is 5.32 Å². The average molecular weight is 314 g/mol. The normalized spacial score (nSPS) is 13.4. The van der Waals surface area contributed by atoms with Gasteiger partial charge in [0.15, 0.2) is 0 Å². The minimum absolute atomic E-state index is 0.242. The van der Waals surface area contributed by atoms with E-state index in [1.54, 1.807) is 17.4 Å². The van der Waals surface area contributed by atoms with Crippen molar-refractivity contribution in [2.24, 2.45) is 0 Å². The molecule has 1 aromatic carbocycles. The van der Waals surface area contributed by atoms with Gasteiger partial charge < -0.3 is 5.32 Å². The lowest BCUT2D eigenvalue weighted by Crippen LogP contribution is -2.26. The molecule has 1 aromatic heterocycles. The van der Waals surface area contributed by atoms with Crippen LogP contribution in [0.15, 0.2) is 35.7 Å². The van der Waals surface area contributed by atoms with E-state index in [1.807, 2.05) is 17.5 Å². The molecule has 0 fully saturated rings. The first-order chi connectivity index (χ1) is 10.6. The summed E-state index contributed by atoms with van der Waals surface area (Å²) in [5.41, 5.74) is 1.03. The van der Waals surface area contributed by atoms with E-state index < -0.39 is 0 Å². The topological polar surface area (TPSA) is 66.5 Å². The molecule has 0 radical (unpaired) electrons. The monoisotopic (exact) mass is 314 g/mol. The summed E-state index contributed by atoms with van der Waals surface area (Å²) in [7, 11) is 1.44. The fourth-order valence-electron chi connectivity index (χ4n) is 2.36. The highest BCUT2D eigenvalue weighted by molar-refractivity contribution is 7.09.